The Morgan fingerprint density at radius 2 is 1.96 bits per heavy atom. The molecular weight excluding hydrogens is 329 g/mol. The highest BCUT2D eigenvalue weighted by Crippen LogP contribution is 2.29. The Bertz CT molecular complexity index is 849. The van der Waals surface area contributed by atoms with Gasteiger partial charge in [-0.3, -0.25) is 4.79 Å². The smallest absolute Gasteiger partial charge is 0.258 e. The van der Waals surface area contributed by atoms with E-state index >= 15 is 0 Å². The number of fused-ring (bicyclic) bond motifs is 1. The van der Waals surface area contributed by atoms with Crippen molar-refractivity contribution in [3.8, 4) is 5.75 Å². The third kappa shape index (κ3) is 3.72. The molecule has 0 saturated carbocycles. The van der Waals surface area contributed by atoms with E-state index in [9.17, 15) is 14.3 Å². The lowest BCUT2D eigenvalue weighted by Crippen LogP contribution is -2.32. The number of hydrogen-bond donors (Lipinski definition) is 2. The second-order valence-corrected chi connectivity index (χ2v) is 6.14. The predicted octanol–water partition coefficient (Wildman–Crippen LogP) is 3.27. The maximum atomic E-state index is 13.4. The van der Waals surface area contributed by atoms with Gasteiger partial charge in [0, 0.05) is 16.8 Å². The van der Waals surface area contributed by atoms with E-state index in [1.165, 1.54) is 12.1 Å². The van der Waals surface area contributed by atoms with Gasteiger partial charge in [-0.15, -0.1) is 11.3 Å². The Balaban J connectivity index is 1.53. The lowest BCUT2D eigenvalue weighted by atomic mass is 10.1. The standard InChI is InChI=1S/C18H16FNO3S/c19-14-6-2-3-7-16(14)23-10-18(22)20-9-15(21)13-11-24-17-8-4-1-5-12(13)17/h1-8,11,15,21H,9-10H2,(H,20,22). The quantitative estimate of drug-likeness (QED) is 0.721. The predicted molar refractivity (Wildman–Crippen MR) is 91.7 cm³/mol. The van der Waals surface area contributed by atoms with Crippen LogP contribution in [-0.2, 0) is 4.79 Å². The Hall–Kier alpha value is -2.44. The number of ether oxygens (including phenoxy) is 1. The third-order valence-electron chi connectivity index (χ3n) is 3.56. The van der Waals surface area contributed by atoms with E-state index < -0.39 is 17.8 Å². The number of carbonyl (C=O) groups excluding carboxylic acids is 1. The van der Waals surface area contributed by atoms with Gasteiger partial charge in [-0.2, -0.15) is 0 Å². The molecule has 0 aliphatic rings. The second kappa shape index (κ2) is 7.42. The number of para-hydroxylation sites is 1. The Morgan fingerprint density at radius 1 is 1.21 bits per heavy atom. The highest BCUT2D eigenvalue weighted by atomic mass is 32.1. The van der Waals surface area contributed by atoms with Crippen LogP contribution in [0.1, 0.15) is 11.7 Å². The maximum Gasteiger partial charge on any atom is 0.258 e. The van der Waals surface area contributed by atoms with Crippen LogP contribution >= 0.6 is 11.3 Å². The summed E-state index contributed by atoms with van der Waals surface area (Å²) in [5, 5.41) is 15.7. The van der Waals surface area contributed by atoms with E-state index in [2.05, 4.69) is 5.32 Å². The molecule has 1 aromatic heterocycles. The molecule has 0 saturated heterocycles. The molecule has 1 atom stereocenters. The average molecular weight is 345 g/mol. The Morgan fingerprint density at radius 3 is 2.79 bits per heavy atom. The summed E-state index contributed by atoms with van der Waals surface area (Å²) in [6.45, 7) is -0.238. The molecule has 24 heavy (non-hydrogen) atoms. The molecule has 2 N–H and O–H groups in total. The minimum absolute atomic E-state index is 0.0250. The minimum Gasteiger partial charge on any atom is -0.481 e. The largest absolute Gasteiger partial charge is 0.481 e. The molecule has 3 aromatic rings. The van der Waals surface area contributed by atoms with E-state index in [-0.39, 0.29) is 18.9 Å². The molecular formula is C18H16FNO3S. The molecule has 1 amide bonds. The van der Waals surface area contributed by atoms with Crippen molar-refractivity contribution in [1.82, 2.24) is 5.32 Å². The molecule has 0 aliphatic carbocycles. The van der Waals surface area contributed by atoms with Gasteiger partial charge in [0.15, 0.2) is 18.2 Å². The van der Waals surface area contributed by atoms with E-state index in [4.69, 9.17) is 4.74 Å². The number of amides is 1. The summed E-state index contributed by atoms with van der Waals surface area (Å²) in [5.41, 5.74) is 0.783. The highest BCUT2D eigenvalue weighted by molar-refractivity contribution is 7.17. The van der Waals surface area contributed by atoms with Gasteiger partial charge in [0.25, 0.3) is 5.91 Å². The highest BCUT2D eigenvalue weighted by Gasteiger charge is 2.14. The molecule has 0 bridgehead atoms. The van der Waals surface area contributed by atoms with E-state index in [1.54, 1.807) is 23.5 Å². The number of aliphatic hydroxyl groups excluding tert-OH is 1. The number of benzene rings is 2. The Kier molecular flexibility index (Phi) is 5.08. The van der Waals surface area contributed by atoms with Gasteiger partial charge in [-0.05, 0) is 29.0 Å². The van der Waals surface area contributed by atoms with E-state index in [0.29, 0.717) is 0 Å². The van der Waals surface area contributed by atoms with Crippen LogP contribution in [0.2, 0.25) is 0 Å². The minimum atomic E-state index is -0.807. The fraction of sp³-hybridized carbons (Fsp3) is 0.167. The summed E-state index contributed by atoms with van der Waals surface area (Å²) < 4.78 is 19.6. The summed E-state index contributed by atoms with van der Waals surface area (Å²) >= 11 is 1.55. The number of carbonyl (C=O) groups is 1. The van der Waals surface area contributed by atoms with Crippen LogP contribution in [0.15, 0.2) is 53.9 Å². The molecule has 124 valence electrons. The number of thiophene rings is 1. The average Bonchev–Trinajstić information content (AvgIpc) is 3.03. The summed E-state index contributed by atoms with van der Waals surface area (Å²) in [5.74, 6) is -0.913. The summed E-state index contributed by atoms with van der Waals surface area (Å²) in [6.07, 6.45) is -0.807. The first-order valence-electron chi connectivity index (χ1n) is 7.43. The summed E-state index contributed by atoms with van der Waals surface area (Å²) in [6, 6.07) is 13.7. The second-order valence-electron chi connectivity index (χ2n) is 5.23. The van der Waals surface area contributed by atoms with Gasteiger partial charge in [-0.25, -0.2) is 4.39 Å². The van der Waals surface area contributed by atoms with Gasteiger partial charge in [-0.1, -0.05) is 30.3 Å². The molecule has 0 aliphatic heterocycles. The lowest BCUT2D eigenvalue weighted by Gasteiger charge is -2.12. The topological polar surface area (TPSA) is 58.6 Å². The van der Waals surface area contributed by atoms with Gasteiger partial charge in [0.2, 0.25) is 0 Å². The number of aliphatic hydroxyl groups is 1. The first-order chi connectivity index (χ1) is 11.6. The zero-order chi connectivity index (χ0) is 16.9. The monoisotopic (exact) mass is 345 g/mol. The van der Waals surface area contributed by atoms with Crippen LogP contribution in [-0.4, -0.2) is 24.2 Å². The molecule has 2 aromatic carbocycles. The fourth-order valence-corrected chi connectivity index (χ4v) is 3.34. The fourth-order valence-electron chi connectivity index (χ4n) is 2.33. The molecule has 6 heteroatoms. The van der Waals surface area contributed by atoms with Crippen LogP contribution in [0.25, 0.3) is 10.1 Å². The third-order valence-corrected chi connectivity index (χ3v) is 4.54. The van der Waals surface area contributed by atoms with Crippen LogP contribution in [0.4, 0.5) is 4.39 Å². The summed E-state index contributed by atoms with van der Waals surface area (Å²) in [4.78, 5) is 11.8. The first kappa shape index (κ1) is 16.4. The van der Waals surface area contributed by atoms with Crippen molar-refractivity contribution in [2.75, 3.05) is 13.2 Å². The molecule has 4 nitrogen and oxygen atoms in total. The van der Waals surface area contributed by atoms with Crippen molar-refractivity contribution in [2.45, 2.75) is 6.10 Å². The number of halogens is 1. The van der Waals surface area contributed by atoms with Gasteiger partial charge in [0.05, 0.1) is 6.10 Å². The number of hydrogen-bond acceptors (Lipinski definition) is 4. The number of rotatable bonds is 6. The zero-order valence-corrected chi connectivity index (χ0v) is 13.6. The maximum absolute atomic E-state index is 13.4. The summed E-state index contributed by atoms with van der Waals surface area (Å²) in [7, 11) is 0. The lowest BCUT2D eigenvalue weighted by molar-refractivity contribution is -0.123. The van der Waals surface area contributed by atoms with Crippen molar-refractivity contribution < 1.29 is 19.0 Å². The van der Waals surface area contributed by atoms with Crippen LogP contribution in [0.5, 0.6) is 5.75 Å². The molecule has 1 unspecified atom stereocenters. The first-order valence-corrected chi connectivity index (χ1v) is 8.31. The van der Waals surface area contributed by atoms with Gasteiger partial charge >= 0.3 is 0 Å². The zero-order valence-electron chi connectivity index (χ0n) is 12.7. The van der Waals surface area contributed by atoms with E-state index in [0.717, 1.165) is 15.6 Å². The van der Waals surface area contributed by atoms with Crippen molar-refractivity contribution in [3.05, 3.63) is 65.3 Å². The molecule has 0 fully saturated rings. The van der Waals surface area contributed by atoms with Crippen molar-refractivity contribution in [3.63, 3.8) is 0 Å². The van der Waals surface area contributed by atoms with Crippen LogP contribution in [0.3, 0.4) is 0 Å². The molecule has 0 spiro atoms. The molecule has 1 heterocycles. The van der Waals surface area contributed by atoms with Crippen molar-refractivity contribution in [1.29, 1.82) is 0 Å². The molecule has 0 radical (unpaired) electrons. The van der Waals surface area contributed by atoms with Gasteiger partial charge in [0.1, 0.15) is 0 Å². The Labute approximate surface area is 142 Å². The van der Waals surface area contributed by atoms with Crippen molar-refractivity contribution in [2.24, 2.45) is 0 Å². The van der Waals surface area contributed by atoms with Crippen LogP contribution < -0.4 is 10.1 Å². The van der Waals surface area contributed by atoms with E-state index in [1.807, 2.05) is 29.6 Å². The van der Waals surface area contributed by atoms with Gasteiger partial charge < -0.3 is 15.2 Å². The van der Waals surface area contributed by atoms with Crippen LogP contribution in [0, 0.1) is 5.82 Å². The van der Waals surface area contributed by atoms with Crippen molar-refractivity contribution >= 4 is 27.3 Å². The molecule has 3 rings (SSSR count). The SMILES string of the molecule is O=C(COc1ccccc1F)NCC(O)c1csc2ccccc12. The normalized spacial score (nSPS) is 12.1. The number of nitrogens with one attached hydrogen (secondary N) is 1.